The van der Waals surface area contributed by atoms with Crippen molar-refractivity contribution in [2.24, 2.45) is 4.99 Å². The molecule has 0 bridgehead atoms. The number of rotatable bonds is 6. The number of aliphatic imine (C=N–C) groups is 1. The number of hydrogen-bond donors (Lipinski definition) is 2. The normalized spacial score (nSPS) is 10.8. The van der Waals surface area contributed by atoms with Crippen LogP contribution in [-0.4, -0.2) is 26.7 Å². The SMILES string of the molecule is CN=C(NCCc1ccc(F)cc1F)NCc1cccc(OC)c1.I. The van der Waals surface area contributed by atoms with Gasteiger partial charge in [-0.15, -0.1) is 24.0 Å². The van der Waals surface area contributed by atoms with E-state index in [2.05, 4.69) is 15.6 Å². The molecule has 25 heavy (non-hydrogen) atoms. The average Bonchev–Trinajstić information content (AvgIpc) is 2.59. The lowest BCUT2D eigenvalue weighted by atomic mass is 10.1. The van der Waals surface area contributed by atoms with Gasteiger partial charge in [-0.2, -0.15) is 0 Å². The van der Waals surface area contributed by atoms with E-state index in [0.717, 1.165) is 17.4 Å². The summed E-state index contributed by atoms with van der Waals surface area (Å²) in [7, 11) is 3.29. The van der Waals surface area contributed by atoms with Crippen molar-refractivity contribution in [3.05, 3.63) is 65.2 Å². The lowest BCUT2D eigenvalue weighted by molar-refractivity contribution is 0.414. The minimum Gasteiger partial charge on any atom is -0.497 e. The first-order valence-corrected chi connectivity index (χ1v) is 7.63. The van der Waals surface area contributed by atoms with E-state index in [-0.39, 0.29) is 24.0 Å². The Hall–Kier alpha value is -1.90. The van der Waals surface area contributed by atoms with Crippen molar-refractivity contribution in [3.63, 3.8) is 0 Å². The van der Waals surface area contributed by atoms with Crippen LogP contribution in [0.15, 0.2) is 47.5 Å². The lowest BCUT2D eigenvalue weighted by Crippen LogP contribution is -2.37. The second kappa shape index (κ2) is 10.9. The number of benzene rings is 2. The van der Waals surface area contributed by atoms with Gasteiger partial charge in [-0.3, -0.25) is 4.99 Å². The number of nitrogens with zero attached hydrogens (tertiary/aromatic N) is 1. The predicted molar refractivity (Wildman–Crippen MR) is 107 cm³/mol. The highest BCUT2D eigenvalue weighted by molar-refractivity contribution is 14.0. The molecule has 0 fully saturated rings. The van der Waals surface area contributed by atoms with Gasteiger partial charge < -0.3 is 15.4 Å². The average molecular weight is 461 g/mol. The summed E-state index contributed by atoms with van der Waals surface area (Å²) in [6.45, 7) is 1.07. The summed E-state index contributed by atoms with van der Waals surface area (Å²) in [4.78, 5) is 4.12. The first kappa shape index (κ1) is 21.1. The van der Waals surface area contributed by atoms with Crippen molar-refractivity contribution in [1.82, 2.24) is 10.6 Å². The molecule has 0 aliphatic heterocycles. The molecule has 0 aliphatic rings. The van der Waals surface area contributed by atoms with Crippen LogP contribution >= 0.6 is 24.0 Å². The van der Waals surface area contributed by atoms with Gasteiger partial charge >= 0.3 is 0 Å². The highest BCUT2D eigenvalue weighted by Gasteiger charge is 2.04. The molecule has 0 amide bonds. The molecule has 4 nitrogen and oxygen atoms in total. The van der Waals surface area contributed by atoms with Gasteiger partial charge in [-0.1, -0.05) is 18.2 Å². The summed E-state index contributed by atoms with van der Waals surface area (Å²) in [5.41, 5.74) is 1.52. The molecule has 2 N–H and O–H groups in total. The lowest BCUT2D eigenvalue weighted by Gasteiger charge is -2.12. The summed E-state index contributed by atoms with van der Waals surface area (Å²) in [6, 6.07) is 11.3. The monoisotopic (exact) mass is 461 g/mol. The van der Waals surface area contributed by atoms with Gasteiger partial charge in [0.15, 0.2) is 5.96 Å². The Morgan fingerprint density at radius 1 is 1.12 bits per heavy atom. The molecule has 2 aromatic rings. The van der Waals surface area contributed by atoms with E-state index in [4.69, 9.17) is 4.74 Å². The Morgan fingerprint density at radius 2 is 1.92 bits per heavy atom. The maximum absolute atomic E-state index is 13.6. The topological polar surface area (TPSA) is 45.7 Å². The number of ether oxygens (including phenoxy) is 1. The molecule has 7 heteroatoms. The van der Waals surface area contributed by atoms with E-state index < -0.39 is 11.6 Å². The summed E-state index contributed by atoms with van der Waals surface area (Å²) in [6.07, 6.45) is 0.436. The molecule has 0 saturated heterocycles. The molecule has 0 aliphatic carbocycles. The zero-order valence-corrected chi connectivity index (χ0v) is 16.5. The van der Waals surface area contributed by atoms with Crippen LogP contribution in [0.2, 0.25) is 0 Å². The van der Waals surface area contributed by atoms with Crippen LogP contribution in [0.3, 0.4) is 0 Å². The van der Waals surface area contributed by atoms with Crippen LogP contribution in [0.5, 0.6) is 5.75 Å². The van der Waals surface area contributed by atoms with Crippen molar-refractivity contribution in [2.45, 2.75) is 13.0 Å². The second-order valence-electron chi connectivity index (χ2n) is 5.19. The third-order valence-electron chi connectivity index (χ3n) is 3.52. The highest BCUT2D eigenvalue weighted by atomic mass is 127. The minimum atomic E-state index is -0.569. The summed E-state index contributed by atoms with van der Waals surface area (Å²) in [5.74, 6) is 0.306. The van der Waals surface area contributed by atoms with E-state index in [1.165, 1.54) is 12.1 Å². The van der Waals surface area contributed by atoms with Gasteiger partial charge in [0.25, 0.3) is 0 Å². The van der Waals surface area contributed by atoms with E-state index in [9.17, 15) is 8.78 Å². The van der Waals surface area contributed by atoms with Gasteiger partial charge in [-0.25, -0.2) is 8.78 Å². The van der Waals surface area contributed by atoms with Crippen LogP contribution < -0.4 is 15.4 Å². The van der Waals surface area contributed by atoms with Crippen molar-refractivity contribution >= 4 is 29.9 Å². The molecule has 0 heterocycles. The molecule has 0 unspecified atom stereocenters. The number of methoxy groups -OCH3 is 1. The zero-order chi connectivity index (χ0) is 17.4. The molecule has 0 aromatic heterocycles. The van der Waals surface area contributed by atoms with Crippen molar-refractivity contribution in [3.8, 4) is 5.75 Å². The standard InChI is InChI=1S/C18H21F2N3O.HI/c1-21-18(23-12-13-4-3-5-16(10-13)24-2)22-9-8-14-6-7-15(19)11-17(14)20;/h3-7,10-11H,8-9,12H2,1-2H3,(H2,21,22,23);1H. The summed E-state index contributed by atoms with van der Waals surface area (Å²) >= 11 is 0. The van der Waals surface area contributed by atoms with Crippen molar-refractivity contribution < 1.29 is 13.5 Å². The highest BCUT2D eigenvalue weighted by Crippen LogP contribution is 2.12. The van der Waals surface area contributed by atoms with Crippen LogP contribution in [0.4, 0.5) is 8.78 Å². The Kier molecular flexibility index (Phi) is 9.18. The molecule has 0 saturated carbocycles. The van der Waals surface area contributed by atoms with E-state index in [1.807, 2.05) is 24.3 Å². The Bertz CT molecular complexity index is 710. The molecular weight excluding hydrogens is 439 g/mol. The fourth-order valence-corrected chi connectivity index (χ4v) is 2.23. The predicted octanol–water partition coefficient (Wildman–Crippen LogP) is 3.50. The van der Waals surface area contributed by atoms with Crippen LogP contribution in [0, 0.1) is 11.6 Å². The first-order valence-electron chi connectivity index (χ1n) is 7.63. The maximum Gasteiger partial charge on any atom is 0.191 e. The quantitative estimate of drug-likeness (QED) is 0.394. The molecule has 0 radical (unpaired) electrons. The van der Waals surface area contributed by atoms with Crippen LogP contribution in [-0.2, 0) is 13.0 Å². The molecule has 136 valence electrons. The molecule has 2 aromatic carbocycles. The van der Waals surface area contributed by atoms with Crippen molar-refractivity contribution in [1.29, 1.82) is 0 Å². The number of hydrogen-bond acceptors (Lipinski definition) is 2. The molecular formula is C18H22F2IN3O. The Labute approximate surface area is 163 Å². The Balaban J connectivity index is 0.00000312. The minimum absolute atomic E-state index is 0. The zero-order valence-electron chi connectivity index (χ0n) is 14.2. The second-order valence-corrected chi connectivity index (χ2v) is 5.19. The van der Waals surface area contributed by atoms with Gasteiger partial charge in [0.1, 0.15) is 17.4 Å². The maximum atomic E-state index is 13.6. The fourth-order valence-electron chi connectivity index (χ4n) is 2.23. The van der Waals surface area contributed by atoms with Gasteiger partial charge in [-0.05, 0) is 35.7 Å². The fraction of sp³-hybridized carbons (Fsp3) is 0.278. The third kappa shape index (κ3) is 6.85. The smallest absolute Gasteiger partial charge is 0.191 e. The number of nitrogens with one attached hydrogen (secondary N) is 2. The van der Waals surface area contributed by atoms with E-state index in [1.54, 1.807) is 14.2 Å². The first-order chi connectivity index (χ1) is 11.6. The van der Waals surface area contributed by atoms with Crippen LogP contribution in [0.25, 0.3) is 0 Å². The molecule has 0 atom stereocenters. The van der Waals surface area contributed by atoms with E-state index >= 15 is 0 Å². The Morgan fingerprint density at radius 3 is 2.60 bits per heavy atom. The summed E-state index contributed by atoms with van der Waals surface area (Å²) < 4.78 is 31.6. The van der Waals surface area contributed by atoms with Gasteiger partial charge in [0.05, 0.1) is 7.11 Å². The number of halogens is 3. The van der Waals surface area contributed by atoms with Crippen LogP contribution in [0.1, 0.15) is 11.1 Å². The number of guanidine groups is 1. The van der Waals surface area contributed by atoms with Crippen molar-refractivity contribution in [2.75, 3.05) is 20.7 Å². The molecule has 2 rings (SSSR count). The van der Waals surface area contributed by atoms with Gasteiger partial charge in [0, 0.05) is 26.2 Å². The van der Waals surface area contributed by atoms with Gasteiger partial charge in [0.2, 0.25) is 0 Å². The summed E-state index contributed by atoms with van der Waals surface area (Å²) in [5, 5.41) is 6.28. The van der Waals surface area contributed by atoms with E-state index in [0.29, 0.717) is 31.0 Å². The third-order valence-corrected chi connectivity index (χ3v) is 3.52. The largest absolute Gasteiger partial charge is 0.497 e. The molecule has 0 spiro atoms.